The van der Waals surface area contributed by atoms with E-state index in [1.807, 2.05) is 18.2 Å². The summed E-state index contributed by atoms with van der Waals surface area (Å²) < 4.78 is 11.2. The number of methoxy groups -OCH3 is 2. The first-order chi connectivity index (χ1) is 9.11. The molecule has 106 valence electrons. The molecule has 2 N–H and O–H groups in total. The Bertz CT molecular complexity index is 421. The van der Waals surface area contributed by atoms with Crippen LogP contribution in [-0.2, 0) is 9.47 Å². The molecule has 0 radical (unpaired) electrons. The molecule has 0 aromatic heterocycles. The fourth-order valence-corrected chi connectivity index (χ4v) is 2.69. The lowest BCUT2D eigenvalue weighted by atomic mass is 10.1. The van der Waals surface area contributed by atoms with E-state index in [9.17, 15) is 0 Å². The van der Waals surface area contributed by atoms with Gasteiger partial charge in [-0.1, -0.05) is 18.3 Å². The number of rotatable bonds is 8. The Hall–Kier alpha value is -0.690. The fraction of sp³-hybridized carbons (Fsp3) is 0.462. The summed E-state index contributed by atoms with van der Waals surface area (Å²) in [6.07, 6.45) is 0. The second kappa shape index (κ2) is 8.47. The predicted molar refractivity (Wildman–Crippen MR) is 86.0 cm³/mol. The second-order valence-corrected chi connectivity index (χ2v) is 5.27. The SMILES string of the molecule is COCCN(CCOC)c1cccc(Br)c1C(N)=S. The molecular weight excluding hydrogens is 328 g/mol. The molecule has 0 atom stereocenters. The average Bonchev–Trinajstić information content (AvgIpc) is 2.38. The number of benzene rings is 1. The molecule has 0 fully saturated rings. The molecule has 19 heavy (non-hydrogen) atoms. The van der Waals surface area contributed by atoms with Crippen LogP contribution in [0.4, 0.5) is 5.69 Å². The van der Waals surface area contributed by atoms with E-state index in [4.69, 9.17) is 27.4 Å². The minimum absolute atomic E-state index is 0.377. The highest BCUT2D eigenvalue weighted by Crippen LogP contribution is 2.27. The van der Waals surface area contributed by atoms with Crippen molar-refractivity contribution in [2.24, 2.45) is 5.73 Å². The highest BCUT2D eigenvalue weighted by molar-refractivity contribution is 9.10. The van der Waals surface area contributed by atoms with Crippen LogP contribution < -0.4 is 10.6 Å². The van der Waals surface area contributed by atoms with Crippen LogP contribution in [0.2, 0.25) is 0 Å². The summed E-state index contributed by atoms with van der Waals surface area (Å²) in [6.45, 7) is 2.78. The lowest BCUT2D eigenvalue weighted by Gasteiger charge is -2.27. The molecule has 0 aliphatic carbocycles. The van der Waals surface area contributed by atoms with Gasteiger partial charge in [0.2, 0.25) is 0 Å². The first-order valence-electron chi connectivity index (χ1n) is 5.93. The zero-order valence-corrected chi connectivity index (χ0v) is 13.6. The number of nitrogens with two attached hydrogens (primary N) is 1. The maximum absolute atomic E-state index is 5.82. The molecule has 4 nitrogen and oxygen atoms in total. The normalized spacial score (nSPS) is 10.5. The van der Waals surface area contributed by atoms with Gasteiger partial charge in [0.15, 0.2) is 0 Å². The monoisotopic (exact) mass is 346 g/mol. The second-order valence-electron chi connectivity index (χ2n) is 3.97. The Labute approximate surface area is 128 Å². The molecule has 0 spiro atoms. The Balaban J connectivity index is 3.06. The molecule has 0 aliphatic heterocycles. The van der Waals surface area contributed by atoms with Crippen LogP contribution in [-0.4, -0.2) is 45.5 Å². The first-order valence-corrected chi connectivity index (χ1v) is 7.13. The van der Waals surface area contributed by atoms with Crippen molar-refractivity contribution in [2.45, 2.75) is 0 Å². The van der Waals surface area contributed by atoms with E-state index in [1.54, 1.807) is 14.2 Å². The minimum Gasteiger partial charge on any atom is -0.389 e. The van der Waals surface area contributed by atoms with Gasteiger partial charge in [-0.15, -0.1) is 0 Å². The van der Waals surface area contributed by atoms with Crippen molar-refractivity contribution in [3.8, 4) is 0 Å². The number of thiocarbonyl (C=S) groups is 1. The molecule has 0 saturated heterocycles. The highest BCUT2D eigenvalue weighted by Gasteiger charge is 2.15. The molecule has 1 aromatic rings. The summed E-state index contributed by atoms with van der Waals surface area (Å²) in [6, 6.07) is 5.90. The largest absolute Gasteiger partial charge is 0.389 e. The van der Waals surface area contributed by atoms with Crippen molar-refractivity contribution < 1.29 is 9.47 Å². The van der Waals surface area contributed by atoms with E-state index >= 15 is 0 Å². The van der Waals surface area contributed by atoms with Crippen LogP contribution in [0.3, 0.4) is 0 Å². The first kappa shape index (κ1) is 16.4. The van der Waals surface area contributed by atoms with Gasteiger partial charge in [0.05, 0.1) is 13.2 Å². The summed E-state index contributed by atoms with van der Waals surface area (Å²) in [5.41, 5.74) is 7.67. The summed E-state index contributed by atoms with van der Waals surface area (Å²) in [5, 5.41) is 0. The fourth-order valence-electron chi connectivity index (χ4n) is 1.78. The number of anilines is 1. The van der Waals surface area contributed by atoms with Crippen LogP contribution in [0.1, 0.15) is 5.56 Å². The van der Waals surface area contributed by atoms with Crippen LogP contribution in [0.15, 0.2) is 22.7 Å². The number of ether oxygens (including phenoxy) is 2. The number of nitrogens with zero attached hydrogens (tertiary/aromatic N) is 1. The lowest BCUT2D eigenvalue weighted by molar-refractivity contribution is 0.190. The van der Waals surface area contributed by atoms with E-state index in [0.29, 0.717) is 18.2 Å². The molecule has 0 amide bonds. The molecule has 0 heterocycles. The smallest absolute Gasteiger partial charge is 0.107 e. The van der Waals surface area contributed by atoms with Crippen LogP contribution in [0.5, 0.6) is 0 Å². The van der Waals surface area contributed by atoms with Crippen molar-refractivity contribution in [2.75, 3.05) is 45.4 Å². The van der Waals surface area contributed by atoms with Gasteiger partial charge in [-0.25, -0.2) is 0 Å². The third kappa shape index (κ3) is 4.72. The van der Waals surface area contributed by atoms with E-state index in [2.05, 4.69) is 20.8 Å². The van der Waals surface area contributed by atoms with Crippen LogP contribution in [0, 0.1) is 0 Å². The Morgan fingerprint density at radius 3 is 2.32 bits per heavy atom. The average molecular weight is 347 g/mol. The number of halogens is 1. The maximum atomic E-state index is 5.82. The van der Waals surface area contributed by atoms with Crippen molar-refractivity contribution in [1.82, 2.24) is 0 Å². The van der Waals surface area contributed by atoms with Gasteiger partial charge < -0.3 is 20.1 Å². The molecule has 1 rings (SSSR count). The summed E-state index contributed by atoms with van der Waals surface area (Å²) >= 11 is 8.64. The highest BCUT2D eigenvalue weighted by atomic mass is 79.9. The van der Waals surface area contributed by atoms with Gasteiger partial charge in [-0.05, 0) is 28.1 Å². The predicted octanol–water partition coefficient (Wildman–Crippen LogP) is 2.18. The quantitative estimate of drug-likeness (QED) is 0.731. The lowest BCUT2D eigenvalue weighted by Crippen LogP contribution is -2.32. The van der Waals surface area contributed by atoms with Gasteiger partial charge in [0.1, 0.15) is 4.99 Å². The Morgan fingerprint density at radius 2 is 1.84 bits per heavy atom. The molecule has 1 aromatic carbocycles. The van der Waals surface area contributed by atoms with E-state index in [1.165, 1.54) is 0 Å². The van der Waals surface area contributed by atoms with Crippen molar-refractivity contribution in [3.05, 3.63) is 28.2 Å². The van der Waals surface area contributed by atoms with Gasteiger partial charge in [-0.2, -0.15) is 0 Å². The van der Waals surface area contributed by atoms with E-state index < -0.39 is 0 Å². The molecular formula is C13H19BrN2O2S. The molecule has 6 heteroatoms. The molecule has 0 aliphatic rings. The summed E-state index contributed by atoms with van der Waals surface area (Å²) in [5.74, 6) is 0. The molecule has 0 bridgehead atoms. The topological polar surface area (TPSA) is 47.7 Å². The van der Waals surface area contributed by atoms with E-state index in [-0.39, 0.29) is 0 Å². The van der Waals surface area contributed by atoms with Crippen molar-refractivity contribution >= 4 is 38.8 Å². The van der Waals surface area contributed by atoms with Gasteiger partial charge >= 0.3 is 0 Å². The van der Waals surface area contributed by atoms with E-state index in [0.717, 1.165) is 28.8 Å². The molecule has 0 unspecified atom stereocenters. The minimum atomic E-state index is 0.377. The third-order valence-electron chi connectivity index (χ3n) is 2.71. The van der Waals surface area contributed by atoms with Gasteiger partial charge in [0.25, 0.3) is 0 Å². The van der Waals surface area contributed by atoms with Crippen molar-refractivity contribution in [1.29, 1.82) is 0 Å². The zero-order chi connectivity index (χ0) is 14.3. The van der Waals surface area contributed by atoms with Crippen molar-refractivity contribution in [3.63, 3.8) is 0 Å². The number of hydrogen-bond donors (Lipinski definition) is 1. The Kier molecular flexibility index (Phi) is 7.30. The van der Waals surface area contributed by atoms with Crippen LogP contribution >= 0.6 is 28.1 Å². The third-order valence-corrected chi connectivity index (χ3v) is 3.57. The van der Waals surface area contributed by atoms with Crippen LogP contribution in [0.25, 0.3) is 0 Å². The maximum Gasteiger partial charge on any atom is 0.107 e. The standard InChI is InChI=1S/C13H19BrN2O2S/c1-17-8-6-16(7-9-18-2)11-5-3-4-10(14)12(11)13(15)19/h3-5H,6-9H2,1-2H3,(H2,15,19). The van der Waals surface area contributed by atoms with Gasteiger partial charge in [0, 0.05) is 43.0 Å². The summed E-state index contributed by atoms with van der Waals surface area (Å²) in [7, 11) is 3.37. The Morgan fingerprint density at radius 1 is 1.26 bits per heavy atom. The zero-order valence-electron chi connectivity index (χ0n) is 11.2. The molecule has 0 saturated carbocycles. The summed E-state index contributed by atoms with van der Waals surface area (Å²) in [4.78, 5) is 2.54. The van der Waals surface area contributed by atoms with Gasteiger partial charge in [-0.3, -0.25) is 0 Å². The number of hydrogen-bond acceptors (Lipinski definition) is 4.